The van der Waals surface area contributed by atoms with Gasteiger partial charge in [-0.15, -0.1) is 0 Å². The van der Waals surface area contributed by atoms with Crippen LogP contribution in [0.2, 0.25) is 0 Å². The van der Waals surface area contributed by atoms with E-state index >= 15 is 0 Å². The lowest BCUT2D eigenvalue weighted by Crippen LogP contribution is -1.95. The van der Waals surface area contributed by atoms with Crippen molar-refractivity contribution in [1.29, 1.82) is 0 Å². The number of aromatic nitrogens is 2. The van der Waals surface area contributed by atoms with E-state index in [-0.39, 0.29) is 0 Å². The van der Waals surface area contributed by atoms with Crippen LogP contribution in [-0.4, -0.2) is 9.97 Å². The van der Waals surface area contributed by atoms with Gasteiger partial charge in [0.1, 0.15) is 0 Å². The van der Waals surface area contributed by atoms with Crippen LogP contribution in [0.3, 0.4) is 0 Å². The maximum absolute atomic E-state index is 5.23. The van der Waals surface area contributed by atoms with Crippen molar-refractivity contribution in [3.63, 3.8) is 0 Å². The molecule has 0 fully saturated rings. The number of hydrogen-bond acceptors (Lipinski definition) is 2. The molecule has 0 aliphatic carbocycles. The Kier molecular flexibility index (Phi) is 6.56. The first-order valence-electron chi connectivity index (χ1n) is 17.7. The highest BCUT2D eigenvalue weighted by atomic mass is 14.8. The summed E-state index contributed by atoms with van der Waals surface area (Å²) >= 11 is 0. The Balaban J connectivity index is 1.14. The first kappa shape index (κ1) is 29.5. The van der Waals surface area contributed by atoms with Crippen molar-refractivity contribution >= 4 is 54.1 Å². The Morgan fingerprint density at radius 2 is 0.882 bits per heavy atom. The van der Waals surface area contributed by atoms with Gasteiger partial charge in [-0.2, -0.15) is 0 Å². The molecule has 0 unspecified atom stereocenters. The number of pyridine rings is 2. The van der Waals surface area contributed by atoms with Crippen LogP contribution in [0.5, 0.6) is 0 Å². The van der Waals surface area contributed by atoms with E-state index in [4.69, 9.17) is 9.97 Å². The first-order chi connectivity index (χ1) is 25.0. The van der Waals surface area contributed by atoms with Crippen LogP contribution in [0.25, 0.3) is 98.9 Å². The molecule has 2 heterocycles. The zero-order valence-electron chi connectivity index (χ0n) is 28.8. The van der Waals surface area contributed by atoms with Gasteiger partial charge in [-0.3, -0.25) is 0 Å². The second-order valence-corrected chi connectivity index (χ2v) is 14.0. The summed E-state index contributed by atoms with van der Waals surface area (Å²) < 4.78 is 0. The molecular weight excluding hydrogens is 617 g/mol. The second-order valence-electron chi connectivity index (χ2n) is 14.0. The molecule has 0 aliphatic heterocycles. The van der Waals surface area contributed by atoms with E-state index in [1.54, 1.807) is 0 Å². The van der Waals surface area contributed by atoms with Crippen LogP contribution in [0, 0.1) is 20.8 Å². The number of nitrogens with zero attached hydrogens (tertiary/aromatic N) is 2. The highest BCUT2D eigenvalue weighted by molar-refractivity contribution is 6.28. The maximum atomic E-state index is 5.23. The molecule has 2 nitrogen and oxygen atoms in total. The van der Waals surface area contributed by atoms with E-state index in [2.05, 4.69) is 166 Å². The zero-order valence-corrected chi connectivity index (χ0v) is 28.8. The molecule has 0 bridgehead atoms. The second kappa shape index (κ2) is 11.3. The fourth-order valence-electron chi connectivity index (χ4n) is 8.40. The molecule has 51 heavy (non-hydrogen) atoms. The van der Waals surface area contributed by atoms with Crippen LogP contribution in [-0.2, 0) is 0 Å². The van der Waals surface area contributed by atoms with Gasteiger partial charge in [-0.25, -0.2) is 9.97 Å². The molecule has 10 aromatic rings. The van der Waals surface area contributed by atoms with Crippen LogP contribution >= 0.6 is 0 Å². The topological polar surface area (TPSA) is 25.8 Å². The normalized spacial score (nSPS) is 11.8. The fourth-order valence-corrected chi connectivity index (χ4v) is 8.40. The third-order valence-corrected chi connectivity index (χ3v) is 10.7. The summed E-state index contributed by atoms with van der Waals surface area (Å²) in [7, 11) is 0. The third-order valence-electron chi connectivity index (χ3n) is 10.7. The molecule has 2 heteroatoms. The maximum Gasteiger partial charge on any atom is 0.0972 e. The predicted octanol–water partition coefficient (Wildman–Crippen LogP) is 13.3. The number of benzene rings is 8. The SMILES string of the molecule is Cc1cc(C)c(-c2cc(-c3ccc(-c4ccc5ccc6ccc(-c7ccccc7)nc6c5n4)cc3)c3ccc4cccc5ccc2c3c45)c(C)c1. The molecule has 8 aromatic carbocycles. The standard InChI is InChI=1S/C49H34N2/c1-29-26-30(2)45(31(3)27-29)42-28-41(39-22-18-35-10-7-11-36-19-23-40(42)47(39)46(35)36)32-12-14-34(15-13-32)44-25-21-38-17-16-37-20-24-43(33-8-5-4-6-9-33)50-48(37)49(38)51-44/h4-28H,1-3H3. The predicted molar refractivity (Wildman–Crippen MR) is 217 cm³/mol. The summed E-state index contributed by atoms with van der Waals surface area (Å²) in [6, 6.07) is 55.1. The molecule has 0 aliphatic rings. The van der Waals surface area contributed by atoms with E-state index in [0.29, 0.717) is 0 Å². The van der Waals surface area contributed by atoms with E-state index < -0.39 is 0 Å². The molecule has 0 saturated carbocycles. The summed E-state index contributed by atoms with van der Waals surface area (Å²) in [5, 5.41) is 10.0. The van der Waals surface area contributed by atoms with E-state index in [1.165, 1.54) is 71.3 Å². The van der Waals surface area contributed by atoms with Crippen molar-refractivity contribution in [2.24, 2.45) is 0 Å². The zero-order chi connectivity index (χ0) is 34.2. The summed E-state index contributed by atoms with van der Waals surface area (Å²) in [6.45, 7) is 6.69. The average molecular weight is 651 g/mol. The monoisotopic (exact) mass is 650 g/mol. The molecule has 0 atom stereocenters. The van der Waals surface area contributed by atoms with Crippen molar-refractivity contribution in [2.75, 3.05) is 0 Å². The van der Waals surface area contributed by atoms with Gasteiger partial charge in [0.05, 0.1) is 22.4 Å². The number of hydrogen-bond donors (Lipinski definition) is 0. The Bertz CT molecular complexity index is 2940. The van der Waals surface area contributed by atoms with Crippen LogP contribution in [0.15, 0.2) is 152 Å². The third kappa shape index (κ3) is 4.71. The van der Waals surface area contributed by atoms with E-state index in [0.717, 1.165) is 44.3 Å². The highest BCUT2D eigenvalue weighted by Gasteiger charge is 2.19. The Morgan fingerprint density at radius 3 is 1.49 bits per heavy atom. The average Bonchev–Trinajstić information content (AvgIpc) is 3.17. The fraction of sp³-hybridized carbons (Fsp3) is 0.0612. The largest absolute Gasteiger partial charge is 0.245 e. The minimum absolute atomic E-state index is 0.923. The molecule has 0 saturated heterocycles. The van der Waals surface area contributed by atoms with Crippen molar-refractivity contribution in [2.45, 2.75) is 20.8 Å². The number of fused-ring (bicyclic) bond motifs is 3. The van der Waals surface area contributed by atoms with Gasteiger partial charge in [0.15, 0.2) is 0 Å². The van der Waals surface area contributed by atoms with Gasteiger partial charge in [0.25, 0.3) is 0 Å². The first-order valence-corrected chi connectivity index (χ1v) is 17.7. The quantitative estimate of drug-likeness (QED) is 0.177. The smallest absolute Gasteiger partial charge is 0.0972 e. The summed E-state index contributed by atoms with van der Waals surface area (Å²) in [6.07, 6.45) is 0. The lowest BCUT2D eigenvalue weighted by molar-refractivity contribution is 1.32. The van der Waals surface area contributed by atoms with E-state index in [1.807, 2.05) is 6.07 Å². The minimum atomic E-state index is 0.923. The van der Waals surface area contributed by atoms with Crippen molar-refractivity contribution in [3.05, 3.63) is 168 Å². The summed E-state index contributed by atoms with van der Waals surface area (Å²) in [5.74, 6) is 0. The van der Waals surface area contributed by atoms with Crippen molar-refractivity contribution in [1.82, 2.24) is 9.97 Å². The lowest BCUT2D eigenvalue weighted by Gasteiger charge is -2.20. The van der Waals surface area contributed by atoms with Crippen molar-refractivity contribution in [3.8, 4) is 44.8 Å². The summed E-state index contributed by atoms with van der Waals surface area (Å²) in [4.78, 5) is 10.3. The van der Waals surface area contributed by atoms with E-state index in [9.17, 15) is 0 Å². The van der Waals surface area contributed by atoms with Crippen LogP contribution < -0.4 is 0 Å². The van der Waals surface area contributed by atoms with Gasteiger partial charge < -0.3 is 0 Å². The molecule has 0 amide bonds. The highest BCUT2D eigenvalue weighted by Crippen LogP contribution is 2.45. The van der Waals surface area contributed by atoms with Gasteiger partial charge in [0, 0.05) is 21.9 Å². The van der Waals surface area contributed by atoms with Crippen LogP contribution in [0.4, 0.5) is 0 Å². The van der Waals surface area contributed by atoms with Gasteiger partial charge >= 0.3 is 0 Å². The molecule has 240 valence electrons. The molecule has 0 spiro atoms. The summed E-state index contributed by atoms with van der Waals surface area (Å²) in [5.41, 5.74) is 14.9. The van der Waals surface area contributed by atoms with Gasteiger partial charge in [-0.1, -0.05) is 139 Å². The molecule has 0 N–H and O–H groups in total. The van der Waals surface area contributed by atoms with Crippen LogP contribution in [0.1, 0.15) is 16.7 Å². The Labute approximate surface area is 297 Å². The lowest BCUT2D eigenvalue weighted by atomic mass is 9.83. The number of rotatable bonds is 4. The Hall–Kier alpha value is -6.38. The molecule has 2 aromatic heterocycles. The van der Waals surface area contributed by atoms with Gasteiger partial charge in [-0.05, 0) is 105 Å². The minimum Gasteiger partial charge on any atom is -0.245 e. The Morgan fingerprint density at radius 1 is 0.373 bits per heavy atom. The molecule has 0 radical (unpaired) electrons. The number of aryl methyl sites for hydroxylation is 3. The molecule has 10 rings (SSSR count). The van der Waals surface area contributed by atoms with Crippen molar-refractivity contribution < 1.29 is 0 Å². The molecular formula is C49H34N2. The van der Waals surface area contributed by atoms with Gasteiger partial charge in [0.2, 0.25) is 0 Å².